The van der Waals surface area contributed by atoms with Gasteiger partial charge in [0.1, 0.15) is 5.00 Å². The minimum Gasteiger partial charge on any atom is -0.493 e. The third kappa shape index (κ3) is 4.02. The Bertz CT molecular complexity index is 882. The summed E-state index contributed by atoms with van der Waals surface area (Å²) in [6.45, 7) is -3.01. The summed E-state index contributed by atoms with van der Waals surface area (Å²) in [6.07, 6.45) is 3.61. The van der Waals surface area contributed by atoms with E-state index in [0.29, 0.717) is 10.6 Å². The SMILES string of the molecule is COc1cc(C(=O)Nc2sc3c(c2C(N)=O)CCCC3)ccc1OC(F)F. The summed E-state index contributed by atoms with van der Waals surface area (Å²) in [5, 5.41) is 3.12. The Morgan fingerprint density at radius 3 is 2.63 bits per heavy atom. The molecule has 144 valence electrons. The van der Waals surface area contributed by atoms with Crippen molar-refractivity contribution in [3.8, 4) is 11.5 Å². The zero-order valence-corrected chi connectivity index (χ0v) is 15.3. The predicted molar refractivity (Wildman–Crippen MR) is 97.1 cm³/mol. The average Bonchev–Trinajstić information content (AvgIpc) is 2.99. The Hall–Kier alpha value is -2.68. The maximum Gasteiger partial charge on any atom is 0.387 e. The van der Waals surface area contributed by atoms with E-state index >= 15 is 0 Å². The molecule has 1 aromatic heterocycles. The fourth-order valence-electron chi connectivity index (χ4n) is 3.09. The number of anilines is 1. The van der Waals surface area contributed by atoms with Crippen molar-refractivity contribution in [3.63, 3.8) is 0 Å². The highest BCUT2D eigenvalue weighted by molar-refractivity contribution is 7.17. The first-order valence-corrected chi connectivity index (χ1v) is 9.11. The van der Waals surface area contributed by atoms with Gasteiger partial charge < -0.3 is 20.5 Å². The monoisotopic (exact) mass is 396 g/mol. The summed E-state index contributed by atoms with van der Waals surface area (Å²) in [5.41, 5.74) is 6.96. The van der Waals surface area contributed by atoms with Crippen molar-refractivity contribution in [1.82, 2.24) is 0 Å². The van der Waals surface area contributed by atoms with E-state index in [9.17, 15) is 18.4 Å². The van der Waals surface area contributed by atoms with Gasteiger partial charge in [-0.05, 0) is 49.4 Å². The molecule has 2 amide bonds. The molecule has 3 N–H and O–H groups in total. The van der Waals surface area contributed by atoms with Crippen LogP contribution in [0.25, 0.3) is 0 Å². The molecule has 0 atom stereocenters. The Morgan fingerprint density at radius 1 is 1.22 bits per heavy atom. The largest absolute Gasteiger partial charge is 0.493 e. The predicted octanol–water partition coefficient (Wildman–Crippen LogP) is 3.59. The molecule has 6 nitrogen and oxygen atoms in total. The van der Waals surface area contributed by atoms with E-state index in [1.807, 2.05) is 0 Å². The van der Waals surface area contributed by atoms with Crippen LogP contribution < -0.4 is 20.5 Å². The molecule has 1 aliphatic carbocycles. The minimum absolute atomic E-state index is 0.00329. The molecule has 0 bridgehead atoms. The molecule has 0 fully saturated rings. The molecule has 2 aromatic rings. The van der Waals surface area contributed by atoms with Gasteiger partial charge in [0.15, 0.2) is 11.5 Å². The number of methoxy groups -OCH3 is 1. The van der Waals surface area contributed by atoms with Crippen molar-refractivity contribution in [1.29, 1.82) is 0 Å². The van der Waals surface area contributed by atoms with Crippen LogP contribution >= 0.6 is 11.3 Å². The van der Waals surface area contributed by atoms with Crippen LogP contribution in [0.2, 0.25) is 0 Å². The number of amides is 2. The van der Waals surface area contributed by atoms with Crippen molar-refractivity contribution in [2.24, 2.45) is 5.73 Å². The van der Waals surface area contributed by atoms with Crippen LogP contribution in [-0.2, 0) is 12.8 Å². The van der Waals surface area contributed by atoms with E-state index in [-0.39, 0.29) is 17.1 Å². The van der Waals surface area contributed by atoms with Crippen LogP contribution in [-0.4, -0.2) is 25.5 Å². The molecular weight excluding hydrogens is 378 g/mol. The second-order valence-corrected chi connectivity index (χ2v) is 7.08. The second kappa shape index (κ2) is 7.91. The number of alkyl halides is 2. The number of benzene rings is 1. The van der Waals surface area contributed by atoms with Gasteiger partial charge in [0, 0.05) is 10.4 Å². The fourth-order valence-corrected chi connectivity index (χ4v) is 4.38. The maximum atomic E-state index is 12.6. The third-order valence-electron chi connectivity index (χ3n) is 4.29. The van der Waals surface area contributed by atoms with Gasteiger partial charge in [-0.25, -0.2) is 0 Å². The molecule has 9 heteroatoms. The lowest BCUT2D eigenvalue weighted by molar-refractivity contribution is -0.0512. The van der Waals surface area contributed by atoms with E-state index < -0.39 is 18.4 Å². The number of halogens is 2. The topological polar surface area (TPSA) is 90.6 Å². The quantitative estimate of drug-likeness (QED) is 0.781. The van der Waals surface area contributed by atoms with Gasteiger partial charge in [0.25, 0.3) is 11.8 Å². The molecule has 1 heterocycles. The number of rotatable bonds is 6. The highest BCUT2D eigenvalue weighted by Crippen LogP contribution is 2.38. The number of hydrogen-bond donors (Lipinski definition) is 2. The molecule has 1 aromatic carbocycles. The third-order valence-corrected chi connectivity index (χ3v) is 5.49. The molecule has 1 aliphatic rings. The number of nitrogens with one attached hydrogen (secondary N) is 1. The zero-order valence-electron chi connectivity index (χ0n) is 14.5. The molecule has 0 saturated carbocycles. The van der Waals surface area contributed by atoms with Crippen molar-refractivity contribution in [2.45, 2.75) is 32.3 Å². The van der Waals surface area contributed by atoms with Crippen molar-refractivity contribution >= 4 is 28.2 Å². The van der Waals surface area contributed by atoms with Gasteiger partial charge >= 0.3 is 6.61 Å². The summed E-state index contributed by atoms with van der Waals surface area (Å²) in [6, 6.07) is 3.87. The molecule has 0 spiro atoms. The molecule has 0 unspecified atom stereocenters. The van der Waals surface area contributed by atoms with Gasteiger partial charge in [-0.1, -0.05) is 0 Å². The summed E-state index contributed by atoms with van der Waals surface area (Å²) in [4.78, 5) is 25.6. The van der Waals surface area contributed by atoms with Crippen LogP contribution in [0.1, 0.15) is 44.0 Å². The number of hydrogen-bond acceptors (Lipinski definition) is 5. The van der Waals surface area contributed by atoms with Gasteiger partial charge in [0.05, 0.1) is 12.7 Å². The van der Waals surface area contributed by atoms with Gasteiger partial charge in [-0.3, -0.25) is 9.59 Å². The van der Waals surface area contributed by atoms with Crippen LogP contribution in [0.15, 0.2) is 18.2 Å². The summed E-state index contributed by atoms with van der Waals surface area (Å²) >= 11 is 1.35. The smallest absolute Gasteiger partial charge is 0.387 e. The van der Waals surface area contributed by atoms with Crippen molar-refractivity contribution in [2.75, 3.05) is 12.4 Å². The Balaban J connectivity index is 1.88. The number of primary amides is 1. The highest BCUT2D eigenvalue weighted by Gasteiger charge is 2.25. The van der Waals surface area contributed by atoms with Crippen molar-refractivity contribution in [3.05, 3.63) is 39.8 Å². The number of aryl methyl sites for hydroxylation is 1. The van der Waals surface area contributed by atoms with Crippen LogP contribution in [0.4, 0.5) is 13.8 Å². The molecule has 27 heavy (non-hydrogen) atoms. The van der Waals surface area contributed by atoms with E-state index in [1.54, 1.807) is 0 Å². The lowest BCUT2D eigenvalue weighted by atomic mass is 9.95. The first-order valence-electron chi connectivity index (χ1n) is 8.29. The summed E-state index contributed by atoms with van der Waals surface area (Å²) < 4.78 is 34.2. The number of fused-ring (bicyclic) bond motifs is 1. The van der Waals surface area contributed by atoms with Gasteiger partial charge in [0.2, 0.25) is 0 Å². The average molecular weight is 396 g/mol. The highest BCUT2D eigenvalue weighted by atomic mass is 32.1. The Labute approximate surface area is 158 Å². The van der Waals surface area contributed by atoms with Crippen LogP contribution in [0.3, 0.4) is 0 Å². The van der Waals surface area contributed by atoms with E-state index in [1.165, 1.54) is 36.6 Å². The Kier molecular flexibility index (Phi) is 5.59. The molecule has 0 radical (unpaired) electrons. The number of ether oxygens (including phenoxy) is 2. The van der Waals surface area contributed by atoms with E-state index in [0.717, 1.165) is 36.1 Å². The molecule has 3 rings (SSSR count). The fraction of sp³-hybridized carbons (Fsp3) is 0.333. The minimum atomic E-state index is -3.01. The lowest BCUT2D eigenvalue weighted by Gasteiger charge is -2.12. The standard InChI is InChI=1S/C18H18F2N2O4S/c1-25-12-8-9(6-7-11(12)26-18(19)20)16(24)22-17-14(15(21)23)10-4-2-3-5-13(10)27-17/h6-8,18H,2-5H2,1H3,(H2,21,23)(H,22,24). The number of carbonyl (C=O) groups excluding carboxylic acids is 2. The van der Waals surface area contributed by atoms with Crippen molar-refractivity contribution < 1.29 is 27.8 Å². The maximum absolute atomic E-state index is 12.6. The van der Waals surface area contributed by atoms with Crippen LogP contribution in [0.5, 0.6) is 11.5 Å². The van der Waals surface area contributed by atoms with Crippen LogP contribution in [0, 0.1) is 0 Å². The lowest BCUT2D eigenvalue weighted by Crippen LogP contribution is -2.18. The Morgan fingerprint density at radius 2 is 1.96 bits per heavy atom. The molecule has 0 aliphatic heterocycles. The second-order valence-electron chi connectivity index (χ2n) is 5.98. The molecule has 0 saturated heterocycles. The van der Waals surface area contributed by atoms with E-state index in [2.05, 4.69) is 10.1 Å². The van der Waals surface area contributed by atoms with E-state index in [4.69, 9.17) is 10.5 Å². The first kappa shape index (κ1) is 19.1. The number of carbonyl (C=O) groups is 2. The van der Waals surface area contributed by atoms with Gasteiger partial charge in [-0.2, -0.15) is 8.78 Å². The molecular formula is C18H18F2N2O4S. The zero-order chi connectivity index (χ0) is 19.6. The van der Waals surface area contributed by atoms with Gasteiger partial charge in [-0.15, -0.1) is 11.3 Å². The first-order chi connectivity index (χ1) is 12.9. The number of nitrogens with two attached hydrogens (primary N) is 1. The normalized spacial score (nSPS) is 13.2. The number of thiophene rings is 1. The summed E-state index contributed by atoms with van der Waals surface area (Å²) in [5.74, 6) is -1.25. The summed E-state index contributed by atoms with van der Waals surface area (Å²) in [7, 11) is 1.29.